The van der Waals surface area contributed by atoms with Gasteiger partial charge in [0.2, 0.25) is 0 Å². The van der Waals surface area contributed by atoms with Gasteiger partial charge < -0.3 is 9.15 Å². The van der Waals surface area contributed by atoms with Crippen LogP contribution in [0.2, 0.25) is 5.02 Å². The molecular formula is C22H14ClN3O6S. The van der Waals surface area contributed by atoms with Crippen LogP contribution < -0.4 is 15.0 Å². The average molecular weight is 484 g/mol. The summed E-state index contributed by atoms with van der Waals surface area (Å²) < 4.78 is 11.2. The molecule has 2 amide bonds. The summed E-state index contributed by atoms with van der Waals surface area (Å²) in [7, 11) is 0. The number of nitrogens with one attached hydrogen (secondary N) is 1. The van der Waals surface area contributed by atoms with Crippen molar-refractivity contribution < 1.29 is 23.7 Å². The normalized spacial score (nSPS) is 15.0. The lowest BCUT2D eigenvalue weighted by Crippen LogP contribution is -2.54. The first-order chi connectivity index (χ1) is 15.8. The molecule has 166 valence electrons. The molecule has 2 aromatic carbocycles. The highest BCUT2D eigenvalue weighted by Crippen LogP contribution is 2.24. The van der Waals surface area contributed by atoms with E-state index < -0.39 is 16.7 Å². The molecule has 1 N–H and O–H groups in total. The molecule has 0 saturated carbocycles. The van der Waals surface area contributed by atoms with E-state index in [1.54, 1.807) is 36.4 Å². The van der Waals surface area contributed by atoms with E-state index in [1.165, 1.54) is 35.2 Å². The van der Waals surface area contributed by atoms with Crippen molar-refractivity contribution >= 4 is 58.2 Å². The van der Waals surface area contributed by atoms with E-state index in [9.17, 15) is 19.7 Å². The number of nitro groups is 1. The number of furan rings is 1. The highest BCUT2D eigenvalue weighted by Gasteiger charge is 2.34. The molecule has 0 radical (unpaired) electrons. The lowest BCUT2D eigenvalue weighted by molar-refractivity contribution is -0.384. The van der Waals surface area contributed by atoms with Crippen LogP contribution in [-0.4, -0.2) is 21.9 Å². The summed E-state index contributed by atoms with van der Waals surface area (Å²) in [6.07, 6.45) is 1.32. The van der Waals surface area contributed by atoms with E-state index in [0.717, 1.165) is 0 Å². The number of non-ortho nitro benzene ring substituents is 1. The maximum Gasteiger partial charge on any atom is 0.270 e. The number of nitro benzene ring substituents is 1. The van der Waals surface area contributed by atoms with Crippen LogP contribution in [0.25, 0.3) is 6.08 Å². The molecule has 0 unspecified atom stereocenters. The smallest absolute Gasteiger partial charge is 0.270 e. The molecule has 9 nitrogen and oxygen atoms in total. The van der Waals surface area contributed by atoms with E-state index in [2.05, 4.69) is 5.32 Å². The van der Waals surface area contributed by atoms with E-state index >= 15 is 0 Å². The van der Waals surface area contributed by atoms with Gasteiger partial charge in [0, 0.05) is 17.2 Å². The number of hydrogen-bond acceptors (Lipinski definition) is 7. The lowest BCUT2D eigenvalue weighted by atomic mass is 10.1. The van der Waals surface area contributed by atoms with Gasteiger partial charge in [-0.2, -0.15) is 0 Å². The number of benzene rings is 2. The molecule has 11 heteroatoms. The Labute approximate surface area is 197 Å². The molecule has 1 fully saturated rings. The Balaban J connectivity index is 1.49. The third-order valence-electron chi connectivity index (χ3n) is 4.58. The fraction of sp³-hybridized carbons (Fsp3) is 0.0455. The molecule has 1 saturated heterocycles. The quantitative estimate of drug-likeness (QED) is 0.183. The molecule has 33 heavy (non-hydrogen) atoms. The van der Waals surface area contributed by atoms with Crippen LogP contribution in [0.3, 0.4) is 0 Å². The molecule has 1 aliphatic rings. The highest BCUT2D eigenvalue weighted by atomic mass is 35.5. The SMILES string of the molecule is O=C1NC(=S)N(c2ccc(Cl)cc2)C(=O)/C1=C/c1ccc(COc2ccc([N+](=O)[O-])cc2)o1. The van der Waals surface area contributed by atoms with Crippen molar-refractivity contribution in [1.82, 2.24) is 5.32 Å². The second-order valence-corrected chi connectivity index (χ2v) is 7.60. The number of anilines is 1. The largest absolute Gasteiger partial charge is 0.486 e. The summed E-state index contributed by atoms with van der Waals surface area (Å²) in [6, 6.07) is 15.3. The molecule has 0 aliphatic carbocycles. The van der Waals surface area contributed by atoms with Crippen LogP contribution in [0, 0.1) is 10.1 Å². The van der Waals surface area contributed by atoms with Crippen molar-refractivity contribution in [1.29, 1.82) is 0 Å². The first kappa shape index (κ1) is 22.2. The van der Waals surface area contributed by atoms with E-state index in [4.69, 9.17) is 33.0 Å². The number of carbonyl (C=O) groups is 2. The van der Waals surface area contributed by atoms with Gasteiger partial charge in [0.25, 0.3) is 17.5 Å². The molecule has 1 aliphatic heterocycles. The van der Waals surface area contributed by atoms with E-state index in [-0.39, 0.29) is 28.7 Å². The summed E-state index contributed by atoms with van der Waals surface area (Å²) in [6.45, 7) is 0.0438. The third kappa shape index (κ3) is 4.92. The molecular weight excluding hydrogens is 470 g/mol. The van der Waals surface area contributed by atoms with Crippen molar-refractivity contribution in [2.75, 3.05) is 4.90 Å². The van der Waals surface area contributed by atoms with Crippen LogP contribution >= 0.6 is 23.8 Å². The molecule has 1 aromatic heterocycles. The van der Waals surface area contributed by atoms with Crippen molar-refractivity contribution in [2.24, 2.45) is 0 Å². The van der Waals surface area contributed by atoms with Crippen LogP contribution in [0.15, 0.2) is 70.7 Å². The number of ether oxygens (including phenoxy) is 1. The lowest BCUT2D eigenvalue weighted by Gasteiger charge is -2.28. The van der Waals surface area contributed by atoms with Gasteiger partial charge in [0.05, 0.1) is 10.6 Å². The first-order valence-corrected chi connectivity index (χ1v) is 10.2. The number of amides is 2. The molecule has 0 spiro atoms. The van der Waals surface area contributed by atoms with Crippen LogP contribution in [0.4, 0.5) is 11.4 Å². The molecule has 3 aromatic rings. The number of rotatable bonds is 6. The van der Waals surface area contributed by atoms with Crippen molar-refractivity contribution in [2.45, 2.75) is 6.61 Å². The Kier molecular flexibility index (Phi) is 6.20. The van der Waals surface area contributed by atoms with Gasteiger partial charge in [-0.25, -0.2) is 0 Å². The van der Waals surface area contributed by atoms with Gasteiger partial charge in [-0.15, -0.1) is 0 Å². The number of hydrogen-bond donors (Lipinski definition) is 1. The third-order valence-corrected chi connectivity index (χ3v) is 5.12. The van der Waals surface area contributed by atoms with Gasteiger partial charge in [-0.05, 0) is 66.8 Å². The zero-order valence-corrected chi connectivity index (χ0v) is 18.3. The van der Waals surface area contributed by atoms with E-state index in [1.807, 2.05) is 0 Å². The van der Waals surface area contributed by atoms with Gasteiger partial charge in [-0.1, -0.05) is 11.6 Å². The Morgan fingerprint density at radius 3 is 2.45 bits per heavy atom. The Morgan fingerprint density at radius 1 is 1.09 bits per heavy atom. The summed E-state index contributed by atoms with van der Waals surface area (Å²) in [4.78, 5) is 36.8. The van der Waals surface area contributed by atoms with Crippen LogP contribution in [0.1, 0.15) is 11.5 Å². The number of carbonyl (C=O) groups excluding carboxylic acids is 2. The maximum absolute atomic E-state index is 13.0. The topological polar surface area (TPSA) is 115 Å². The summed E-state index contributed by atoms with van der Waals surface area (Å²) in [5, 5.41) is 13.7. The molecule has 2 heterocycles. The van der Waals surface area contributed by atoms with Gasteiger partial charge in [0.15, 0.2) is 5.11 Å². The number of nitrogens with zero attached hydrogens (tertiary/aromatic N) is 2. The Hall–Kier alpha value is -4.02. The fourth-order valence-electron chi connectivity index (χ4n) is 2.99. The number of halogens is 1. The minimum atomic E-state index is -0.643. The van der Waals surface area contributed by atoms with Gasteiger partial charge in [0.1, 0.15) is 29.4 Å². The minimum absolute atomic E-state index is 0.0406. The average Bonchev–Trinajstić information content (AvgIpc) is 3.24. The minimum Gasteiger partial charge on any atom is -0.486 e. The summed E-state index contributed by atoms with van der Waals surface area (Å²) >= 11 is 11.1. The zero-order chi connectivity index (χ0) is 23.5. The second-order valence-electron chi connectivity index (χ2n) is 6.78. The molecule has 4 rings (SSSR count). The zero-order valence-electron chi connectivity index (χ0n) is 16.7. The standard InChI is InChI=1S/C22H14ClN3O6S/c23-13-1-3-14(4-2-13)25-21(28)19(20(27)24-22(25)33)11-17-9-10-18(32-17)12-31-16-7-5-15(6-8-16)26(29)30/h1-11H,12H2,(H,24,27,33)/b19-11+. The predicted molar refractivity (Wildman–Crippen MR) is 124 cm³/mol. The van der Waals surface area contributed by atoms with Crippen molar-refractivity contribution in [3.8, 4) is 5.75 Å². The highest BCUT2D eigenvalue weighted by molar-refractivity contribution is 7.80. The number of thiocarbonyl (C=S) groups is 1. The first-order valence-electron chi connectivity index (χ1n) is 9.45. The fourth-order valence-corrected chi connectivity index (χ4v) is 3.40. The Bertz CT molecular complexity index is 1280. The van der Waals surface area contributed by atoms with Crippen LogP contribution in [-0.2, 0) is 16.2 Å². The predicted octanol–water partition coefficient (Wildman–Crippen LogP) is 4.25. The van der Waals surface area contributed by atoms with Crippen molar-refractivity contribution in [3.05, 3.63) is 92.9 Å². The van der Waals surface area contributed by atoms with Crippen molar-refractivity contribution in [3.63, 3.8) is 0 Å². The summed E-state index contributed by atoms with van der Waals surface area (Å²) in [5.74, 6) is -0.138. The second kappa shape index (κ2) is 9.23. The van der Waals surface area contributed by atoms with E-state index in [0.29, 0.717) is 22.2 Å². The monoisotopic (exact) mass is 483 g/mol. The molecule has 0 bridgehead atoms. The Morgan fingerprint density at radius 2 is 1.79 bits per heavy atom. The molecule has 0 atom stereocenters. The van der Waals surface area contributed by atoms with Gasteiger partial charge >= 0.3 is 0 Å². The van der Waals surface area contributed by atoms with Crippen LogP contribution in [0.5, 0.6) is 5.75 Å². The van der Waals surface area contributed by atoms with Gasteiger partial charge in [-0.3, -0.25) is 29.9 Å². The maximum atomic E-state index is 13.0. The summed E-state index contributed by atoms with van der Waals surface area (Å²) in [5.41, 5.74) is 0.254.